The first-order valence-electron chi connectivity index (χ1n) is 4.20. The molecule has 0 saturated heterocycles. The van der Waals surface area contributed by atoms with Crippen molar-refractivity contribution in [1.82, 2.24) is 0 Å². The SMILES string of the molecule is CCCOC(=O)C1=CCCC1. The summed E-state index contributed by atoms with van der Waals surface area (Å²) in [7, 11) is 0. The monoisotopic (exact) mass is 154 g/mol. The van der Waals surface area contributed by atoms with Crippen LogP contribution in [0.2, 0.25) is 0 Å². The van der Waals surface area contributed by atoms with Gasteiger partial charge in [0.25, 0.3) is 0 Å². The second kappa shape index (κ2) is 4.16. The normalized spacial score (nSPS) is 16.3. The highest BCUT2D eigenvalue weighted by atomic mass is 16.5. The van der Waals surface area contributed by atoms with E-state index in [0.29, 0.717) is 6.61 Å². The first-order chi connectivity index (χ1) is 5.34. The van der Waals surface area contributed by atoms with Gasteiger partial charge in [0.1, 0.15) is 0 Å². The summed E-state index contributed by atoms with van der Waals surface area (Å²) in [6, 6.07) is 0. The predicted molar refractivity (Wildman–Crippen MR) is 43.2 cm³/mol. The van der Waals surface area contributed by atoms with Crippen molar-refractivity contribution in [3.63, 3.8) is 0 Å². The van der Waals surface area contributed by atoms with E-state index in [0.717, 1.165) is 31.3 Å². The lowest BCUT2D eigenvalue weighted by molar-refractivity contribution is -0.139. The summed E-state index contributed by atoms with van der Waals surface area (Å²) in [5, 5.41) is 0. The Morgan fingerprint density at radius 2 is 2.55 bits per heavy atom. The number of hydrogen-bond donors (Lipinski definition) is 0. The number of rotatable bonds is 3. The minimum absolute atomic E-state index is 0.107. The minimum Gasteiger partial charge on any atom is -0.462 e. The maximum atomic E-state index is 11.1. The third-order valence-electron chi connectivity index (χ3n) is 1.74. The molecule has 0 spiro atoms. The van der Waals surface area contributed by atoms with E-state index in [-0.39, 0.29) is 5.97 Å². The molecule has 0 N–H and O–H groups in total. The fourth-order valence-electron chi connectivity index (χ4n) is 1.14. The minimum atomic E-state index is -0.107. The second-order valence-corrected chi connectivity index (χ2v) is 2.76. The van der Waals surface area contributed by atoms with Crippen molar-refractivity contribution in [1.29, 1.82) is 0 Å². The average Bonchev–Trinajstić information content (AvgIpc) is 2.52. The highest BCUT2D eigenvalue weighted by molar-refractivity contribution is 5.88. The molecule has 0 radical (unpaired) electrons. The fourth-order valence-corrected chi connectivity index (χ4v) is 1.14. The lowest BCUT2D eigenvalue weighted by Crippen LogP contribution is -2.06. The van der Waals surface area contributed by atoms with Gasteiger partial charge in [-0.2, -0.15) is 0 Å². The van der Waals surface area contributed by atoms with E-state index >= 15 is 0 Å². The van der Waals surface area contributed by atoms with E-state index in [1.54, 1.807) is 0 Å². The lowest BCUT2D eigenvalue weighted by Gasteiger charge is -2.01. The Morgan fingerprint density at radius 1 is 1.73 bits per heavy atom. The summed E-state index contributed by atoms with van der Waals surface area (Å²) < 4.78 is 4.97. The summed E-state index contributed by atoms with van der Waals surface area (Å²) >= 11 is 0. The summed E-state index contributed by atoms with van der Waals surface area (Å²) in [5.41, 5.74) is 0.874. The number of carbonyl (C=O) groups excluding carboxylic acids is 1. The largest absolute Gasteiger partial charge is 0.462 e. The van der Waals surface area contributed by atoms with Crippen LogP contribution in [0.1, 0.15) is 32.6 Å². The third kappa shape index (κ3) is 2.37. The zero-order valence-electron chi connectivity index (χ0n) is 6.93. The van der Waals surface area contributed by atoms with Crippen LogP contribution in [-0.4, -0.2) is 12.6 Å². The molecule has 0 fully saturated rings. The molecule has 0 saturated carbocycles. The molecule has 1 rings (SSSR count). The molecule has 0 aromatic rings. The van der Waals surface area contributed by atoms with Gasteiger partial charge < -0.3 is 4.74 Å². The second-order valence-electron chi connectivity index (χ2n) is 2.76. The molecule has 62 valence electrons. The van der Waals surface area contributed by atoms with E-state index in [1.165, 1.54) is 0 Å². The first-order valence-corrected chi connectivity index (χ1v) is 4.20. The van der Waals surface area contributed by atoms with E-state index in [9.17, 15) is 4.79 Å². The molecule has 0 unspecified atom stereocenters. The molecule has 0 atom stereocenters. The summed E-state index contributed by atoms with van der Waals surface area (Å²) in [6.45, 7) is 2.55. The molecule has 0 heterocycles. The molecule has 0 aromatic carbocycles. The first kappa shape index (κ1) is 8.31. The van der Waals surface area contributed by atoms with E-state index in [2.05, 4.69) is 0 Å². The Morgan fingerprint density at radius 3 is 3.09 bits per heavy atom. The third-order valence-corrected chi connectivity index (χ3v) is 1.74. The molecule has 0 aromatic heterocycles. The number of ether oxygens (including phenoxy) is 1. The smallest absolute Gasteiger partial charge is 0.333 e. The zero-order valence-corrected chi connectivity index (χ0v) is 6.93. The van der Waals surface area contributed by atoms with Gasteiger partial charge in [-0.25, -0.2) is 4.79 Å². The average molecular weight is 154 g/mol. The van der Waals surface area contributed by atoms with Gasteiger partial charge in [0, 0.05) is 5.57 Å². The van der Waals surface area contributed by atoms with Gasteiger partial charge in [-0.15, -0.1) is 0 Å². The van der Waals surface area contributed by atoms with Gasteiger partial charge in [-0.05, 0) is 25.7 Å². The van der Waals surface area contributed by atoms with Crippen LogP contribution in [0.3, 0.4) is 0 Å². The molecule has 0 bridgehead atoms. The van der Waals surface area contributed by atoms with Crippen molar-refractivity contribution in [3.05, 3.63) is 11.6 Å². The Bertz CT molecular complexity index is 170. The molecule has 1 aliphatic carbocycles. The van der Waals surface area contributed by atoms with Crippen LogP contribution < -0.4 is 0 Å². The quantitative estimate of drug-likeness (QED) is 0.581. The van der Waals surface area contributed by atoms with E-state index < -0.39 is 0 Å². The number of esters is 1. The van der Waals surface area contributed by atoms with Crippen LogP contribution in [0.4, 0.5) is 0 Å². The summed E-state index contributed by atoms with van der Waals surface area (Å²) in [6.07, 6.45) is 5.94. The Hall–Kier alpha value is -0.790. The molecule has 0 amide bonds. The number of allylic oxidation sites excluding steroid dienone is 1. The van der Waals surface area contributed by atoms with Gasteiger partial charge in [0.2, 0.25) is 0 Å². The van der Waals surface area contributed by atoms with Crippen molar-refractivity contribution >= 4 is 5.97 Å². The summed E-state index contributed by atoms with van der Waals surface area (Å²) in [5.74, 6) is -0.107. The van der Waals surface area contributed by atoms with Crippen LogP contribution in [0, 0.1) is 0 Å². The zero-order chi connectivity index (χ0) is 8.10. The highest BCUT2D eigenvalue weighted by Crippen LogP contribution is 2.18. The van der Waals surface area contributed by atoms with Gasteiger partial charge in [-0.3, -0.25) is 0 Å². The van der Waals surface area contributed by atoms with Gasteiger partial charge in [0.05, 0.1) is 6.61 Å². The van der Waals surface area contributed by atoms with Gasteiger partial charge >= 0.3 is 5.97 Å². The van der Waals surface area contributed by atoms with E-state index in [4.69, 9.17) is 4.74 Å². The van der Waals surface area contributed by atoms with Crippen molar-refractivity contribution in [3.8, 4) is 0 Å². The predicted octanol–water partition coefficient (Wildman–Crippen LogP) is 2.05. The standard InChI is InChI=1S/C9H14O2/c1-2-7-11-9(10)8-5-3-4-6-8/h5H,2-4,6-7H2,1H3. The highest BCUT2D eigenvalue weighted by Gasteiger charge is 2.13. The summed E-state index contributed by atoms with van der Waals surface area (Å²) in [4.78, 5) is 11.1. The molecule has 11 heavy (non-hydrogen) atoms. The topological polar surface area (TPSA) is 26.3 Å². The van der Waals surface area contributed by atoms with Crippen LogP contribution >= 0.6 is 0 Å². The molecular weight excluding hydrogens is 140 g/mol. The number of carbonyl (C=O) groups is 1. The lowest BCUT2D eigenvalue weighted by atomic mass is 10.2. The molecule has 0 aliphatic heterocycles. The maximum absolute atomic E-state index is 11.1. The van der Waals surface area contributed by atoms with Crippen molar-refractivity contribution in [2.24, 2.45) is 0 Å². The van der Waals surface area contributed by atoms with Crippen LogP contribution in [0.25, 0.3) is 0 Å². The van der Waals surface area contributed by atoms with Crippen LogP contribution in [0.15, 0.2) is 11.6 Å². The molecule has 2 heteroatoms. The van der Waals surface area contributed by atoms with Crippen molar-refractivity contribution in [2.45, 2.75) is 32.6 Å². The Kier molecular flexibility index (Phi) is 3.14. The van der Waals surface area contributed by atoms with Crippen molar-refractivity contribution in [2.75, 3.05) is 6.61 Å². The van der Waals surface area contributed by atoms with Crippen molar-refractivity contribution < 1.29 is 9.53 Å². The molecule has 1 aliphatic rings. The Labute approximate surface area is 67.2 Å². The fraction of sp³-hybridized carbons (Fsp3) is 0.667. The number of hydrogen-bond acceptors (Lipinski definition) is 2. The van der Waals surface area contributed by atoms with Crippen LogP contribution in [0.5, 0.6) is 0 Å². The van der Waals surface area contributed by atoms with E-state index in [1.807, 2.05) is 13.0 Å². The molecule has 2 nitrogen and oxygen atoms in total. The van der Waals surface area contributed by atoms with Crippen LogP contribution in [-0.2, 0) is 9.53 Å². The molecular formula is C9H14O2. The van der Waals surface area contributed by atoms with Gasteiger partial charge in [0.15, 0.2) is 0 Å². The Balaban J connectivity index is 2.29. The van der Waals surface area contributed by atoms with Gasteiger partial charge in [-0.1, -0.05) is 13.0 Å². The maximum Gasteiger partial charge on any atom is 0.333 e.